The fourth-order valence-electron chi connectivity index (χ4n) is 2.27. The maximum Gasteiger partial charge on any atom is 0.259 e. The Balaban J connectivity index is 2.04. The molecule has 3 aromatic rings. The topological polar surface area (TPSA) is 49.3 Å². The van der Waals surface area contributed by atoms with Crippen molar-refractivity contribution in [1.29, 1.82) is 0 Å². The van der Waals surface area contributed by atoms with Gasteiger partial charge < -0.3 is 10.4 Å². The molecule has 0 saturated heterocycles. The molecule has 0 spiro atoms. The highest BCUT2D eigenvalue weighted by Gasteiger charge is 2.17. The highest BCUT2D eigenvalue weighted by molar-refractivity contribution is 9.10. The first-order chi connectivity index (χ1) is 11.0. The lowest BCUT2D eigenvalue weighted by atomic mass is 10.0. The second-order valence-corrected chi connectivity index (χ2v) is 6.58. The van der Waals surface area contributed by atoms with E-state index in [1.54, 1.807) is 36.4 Å². The van der Waals surface area contributed by atoms with Gasteiger partial charge >= 0.3 is 0 Å². The Morgan fingerprint density at radius 3 is 2.48 bits per heavy atom. The first-order valence-corrected chi connectivity index (χ1v) is 8.19. The zero-order valence-electron chi connectivity index (χ0n) is 11.6. The smallest absolute Gasteiger partial charge is 0.259 e. The molecular weight excluding hydrogens is 401 g/mol. The zero-order valence-corrected chi connectivity index (χ0v) is 14.7. The molecule has 0 aliphatic heterocycles. The van der Waals surface area contributed by atoms with Gasteiger partial charge in [0.2, 0.25) is 0 Å². The van der Waals surface area contributed by atoms with Crippen molar-refractivity contribution in [1.82, 2.24) is 0 Å². The highest BCUT2D eigenvalue weighted by atomic mass is 79.9. The van der Waals surface area contributed by atoms with Gasteiger partial charge in [0.15, 0.2) is 0 Å². The number of rotatable bonds is 2. The number of nitrogens with one attached hydrogen (secondary N) is 1. The SMILES string of the molecule is O=C(Nc1cc(Cl)ccc1Cl)c1cc(Br)c2ccccc2c1O. The standard InChI is InChI=1S/C17H10BrCl2NO2/c18-13-8-12(16(22)11-4-2-1-3-10(11)13)17(23)21-15-7-9(19)5-6-14(15)20/h1-8,22H,(H,21,23). The van der Waals surface area contributed by atoms with Crippen molar-refractivity contribution < 1.29 is 9.90 Å². The molecule has 0 saturated carbocycles. The van der Waals surface area contributed by atoms with Crippen LogP contribution < -0.4 is 5.32 Å². The average molecular weight is 411 g/mol. The maximum atomic E-state index is 12.5. The molecule has 0 unspecified atom stereocenters. The summed E-state index contributed by atoms with van der Waals surface area (Å²) in [6, 6.07) is 13.6. The van der Waals surface area contributed by atoms with E-state index in [2.05, 4.69) is 21.2 Å². The molecule has 3 aromatic carbocycles. The molecule has 0 aliphatic rings. The molecule has 23 heavy (non-hydrogen) atoms. The third-order valence-electron chi connectivity index (χ3n) is 3.39. The molecule has 3 nitrogen and oxygen atoms in total. The van der Waals surface area contributed by atoms with Crippen molar-refractivity contribution in [2.45, 2.75) is 0 Å². The molecule has 0 atom stereocenters. The number of hydrogen-bond donors (Lipinski definition) is 2. The molecule has 0 heterocycles. The van der Waals surface area contributed by atoms with Gasteiger partial charge in [-0.15, -0.1) is 0 Å². The minimum atomic E-state index is -0.474. The Labute approximate surface area is 151 Å². The number of aromatic hydroxyl groups is 1. The summed E-state index contributed by atoms with van der Waals surface area (Å²) in [6.45, 7) is 0. The van der Waals surface area contributed by atoms with Crippen molar-refractivity contribution in [2.75, 3.05) is 5.32 Å². The van der Waals surface area contributed by atoms with Crippen molar-refractivity contribution in [3.63, 3.8) is 0 Å². The maximum absolute atomic E-state index is 12.5. The molecule has 0 aliphatic carbocycles. The Kier molecular flexibility index (Phi) is 4.48. The predicted molar refractivity (Wildman–Crippen MR) is 97.7 cm³/mol. The molecule has 0 aromatic heterocycles. The first kappa shape index (κ1) is 16.1. The summed E-state index contributed by atoms with van der Waals surface area (Å²) < 4.78 is 0.716. The third-order valence-corrected chi connectivity index (χ3v) is 4.61. The Morgan fingerprint density at radius 2 is 1.74 bits per heavy atom. The molecule has 3 rings (SSSR count). The summed E-state index contributed by atoms with van der Waals surface area (Å²) in [7, 11) is 0. The molecular formula is C17H10BrCl2NO2. The van der Waals surface area contributed by atoms with Crippen molar-refractivity contribution >= 4 is 61.5 Å². The van der Waals surface area contributed by atoms with Gasteiger partial charge in [-0.25, -0.2) is 0 Å². The van der Waals surface area contributed by atoms with Gasteiger partial charge in [-0.2, -0.15) is 0 Å². The number of halogens is 3. The summed E-state index contributed by atoms with van der Waals surface area (Å²) >= 11 is 15.4. The van der Waals surface area contributed by atoms with Gasteiger partial charge in [0.25, 0.3) is 5.91 Å². The van der Waals surface area contributed by atoms with E-state index in [1.165, 1.54) is 0 Å². The van der Waals surface area contributed by atoms with Gasteiger partial charge in [-0.3, -0.25) is 4.79 Å². The number of anilines is 1. The number of phenolic OH excluding ortho intramolecular Hbond substituents is 1. The highest BCUT2D eigenvalue weighted by Crippen LogP contribution is 2.35. The fraction of sp³-hybridized carbons (Fsp3) is 0. The van der Waals surface area contributed by atoms with Crippen molar-refractivity contribution in [3.05, 3.63) is 68.6 Å². The van der Waals surface area contributed by atoms with Crippen LogP contribution >= 0.6 is 39.1 Å². The monoisotopic (exact) mass is 409 g/mol. The van der Waals surface area contributed by atoms with E-state index in [0.717, 1.165) is 5.39 Å². The minimum absolute atomic E-state index is 0.0838. The Hall–Kier alpha value is -1.75. The number of phenols is 1. The van der Waals surface area contributed by atoms with Crippen LogP contribution in [-0.2, 0) is 0 Å². The molecule has 2 N–H and O–H groups in total. The lowest BCUT2D eigenvalue weighted by molar-refractivity contribution is 0.102. The summed E-state index contributed by atoms with van der Waals surface area (Å²) in [6.07, 6.45) is 0. The van der Waals surface area contributed by atoms with E-state index in [4.69, 9.17) is 23.2 Å². The molecule has 0 bridgehead atoms. The van der Waals surface area contributed by atoms with Crippen molar-refractivity contribution in [3.8, 4) is 5.75 Å². The number of benzene rings is 3. The van der Waals surface area contributed by atoms with Crippen LogP contribution in [-0.4, -0.2) is 11.0 Å². The van der Waals surface area contributed by atoms with Crippen LogP contribution in [0, 0.1) is 0 Å². The van der Waals surface area contributed by atoms with Crippen LogP contribution in [0.1, 0.15) is 10.4 Å². The van der Waals surface area contributed by atoms with Crippen LogP contribution in [0.2, 0.25) is 10.0 Å². The van der Waals surface area contributed by atoms with Gasteiger partial charge in [0, 0.05) is 14.9 Å². The Bertz CT molecular complexity index is 928. The zero-order chi connectivity index (χ0) is 16.6. The van der Waals surface area contributed by atoms with E-state index in [9.17, 15) is 9.90 Å². The normalized spacial score (nSPS) is 10.7. The van der Waals surface area contributed by atoms with Crippen molar-refractivity contribution in [2.24, 2.45) is 0 Å². The predicted octanol–water partition coefficient (Wildman–Crippen LogP) is 5.87. The van der Waals surface area contributed by atoms with Gasteiger partial charge in [0.05, 0.1) is 16.3 Å². The lowest BCUT2D eigenvalue weighted by Gasteiger charge is -2.11. The molecule has 116 valence electrons. The fourth-order valence-corrected chi connectivity index (χ4v) is 3.18. The van der Waals surface area contributed by atoms with Crippen LogP contribution in [0.4, 0.5) is 5.69 Å². The Morgan fingerprint density at radius 1 is 1.04 bits per heavy atom. The van der Waals surface area contributed by atoms with E-state index in [1.807, 2.05) is 12.1 Å². The van der Waals surface area contributed by atoms with E-state index in [0.29, 0.717) is 25.6 Å². The lowest BCUT2D eigenvalue weighted by Crippen LogP contribution is -2.12. The quantitative estimate of drug-likeness (QED) is 0.555. The van der Waals surface area contributed by atoms with Gasteiger partial charge in [-0.1, -0.05) is 63.4 Å². The summed E-state index contributed by atoms with van der Waals surface area (Å²) in [5.74, 6) is -0.558. The molecule has 1 amide bonds. The van der Waals surface area contributed by atoms with Crippen LogP contribution in [0.15, 0.2) is 53.0 Å². The van der Waals surface area contributed by atoms with Crippen LogP contribution in [0.25, 0.3) is 10.8 Å². The first-order valence-electron chi connectivity index (χ1n) is 6.64. The minimum Gasteiger partial charge on any atom is -0.506 e. The largest absolute Gasteiger partial charge is 0.506 e. The second kappa shape index (κ2) is 6.40. The van der Waals surface area contributed by atoms with Crippen LogP contribution in [0.5, 0.6) is 5.75 Å². The van der Waals surface area contributed by atoms with Crippen LogP contribution in [0.3, 0.4) is 0 Å². The average Bonchev–Trinajstić information content (AvgIpc) is 2.54. The summed E-state index contributed by atoms with van der Waals surface area (Å²) in [5, 5.41) is 15.3. The number of amides is 1. The van der Waals surface area contributed by atoms with E-state index >= 15 is 0 Å². The third kappa shape index (κ3) is 3.15. The van der Waals surface area contributed by atoms with Gasteiger partial charge in [0.1, 0.15) is 5.75 Å². The van der Waals surface area contributed by atoms with E-state index < -0.39 is 5.91 Å². The van der Waals surface area contributed by atoms with E-state index in [-0.39, 0.29) is 11.3 Å². The summed E-state index contributed by atoms with van der Waals surface area (Å²) in [4.78, 5) is 12.5. The molecule has 0 fully saturated rings. The number of hydrogen-bond acceptors (Lipinski definition) is 2. The number of fused-ring (bicyclic) bond motifs is 1. The molecule has 0 radical (unpaired) electrons. The van der Waals surface area contributed by atoms with Gasteiger partial charge in [-0.05, 0) is 29.7 Å². The second-order valence-electron chi connectivity index (χ2n) is 4.88. The summed E-state index contributed by atoms with van der Waals surface area (Å²) in [5.41, 5.74) is 0.527. The number of carbonyl (C=O) groups excluding carboxylic acids is 1. The molecule has 6 heteroatoms. The number of carbonyl (C=O) groups is 1.